The van der Waals surface area contributed by atoms with Crippen molar-refractivity contribution >= 4 is 16.7 Å². The Bertz CT molecular complexity index is 577. The van der Waals surface area contributed by atoms with Crippen molar-refractivity contribution in [2.45, 2.75) is 26.2 Å². The average Bonchev–Trinajstić information content (AvgIpc) is 2.40. The van der Waals surface area contributed by atoms with Crippen molar-refractivity contribution in [2.24, 2.45) is 0 Å². The zero-order valence-corrected chi connectivity index (χ0v) is 10.6. The normalized spacial score (nSPS) is 16.2. The number of aryl methyl sites for hydroxylation is 1. The van der Waals surface area contributed by atoms with Crippen LogP contribution < -0.4 is 4.90 Å². The standard InChI is InChI=1S/C14H17N3O/c1-10-7-11-12(8-13(10)18)15-9-16-14(11)17-5-3-2-4-6-17/h7-9,18H,2-6H2,1H3. The van der Waals surface area contributed by atoms with E-state index in [4.69, 9.17) is 0 Å². The van der Waals surface area contributed by atoms with Gasteiger partial charge in [-0.2, -0.15) is 0 Å². The Kier molecular flexibility index (Phi) is 2.78. The second-order valence-corrected chi connectivity index (χ2v) is 4.90. The molecule has 1 fully saturated rings. The average molecular weight is 243 g/mol. The third kappa shape index (κ3) is 1.88. The molecule has 0 spiro atoms. The van der Waals surface area contributed by atoms with Crippen molar-refractivity contribution in [2.75, 3.05) is 18.0 Å². The van der Waals surface area contributed by atoms with Gasteiger partial charge in [0, 0.05) is 24.5 Å². The van der Waals surface area contributed by atoms with Crippen LogP contribution in [0.1, 0.15) is 24.8 Å². The van der Waals surface area contributed by atoms with Crippen LogP contribution in [0.3, 0.4) is 0 Å². The molecule has 4 heteroatoms. The van der Waals surface area contributed by atoms with E-state index in [0.29, 0.717) is 5.75 Å². The number of phenolic OH excluding ortho intramolecular Hbond substituents is 1. The Hall–Kier alpha value is -1.84. The highest BCUT2D eigenvalue weighted by Gasteiger charge is 2.15. The van der Waals surface area contributed by atoms with Crippen molar-refractivity contribution in [3.05, 3.63) is 24.0 Å². The van der Waals surface area contributed by atoms with Crippen LogP contribution in [0.15, 0.2) is 18.5 Å². The lowest BCUT2D eigenvalue weighted by molar-refractivity contribution is 0.472. The highest BCUT2D eigenvalue weighted by atomic mass is 16.3. The summed E-state index contributed by atoms with van der Waals surface area (Å²) in [6.07, 6.45) is 5.34. The number of anilines is 1. The smallest absolute Gasteiger partial charge is 0.139 e. The molecule has 0 amide bonds. The summed E-state index contributed by atoms with van der Waals surface area (Å²) in [5.41, 5.74) is 1.68. The summed E-state index contributed by atoms with van der Waals surface area (Å²) < 4.78 is 0. The Balaban J connectivity index is 2.13. The van der Waals surface area contributed by atoms with E-state index in [0.717, 1.165) is 35.4 Å². The van der Waals surface area contributed by atoms with Crippen LogP contribution in [0.4, 0.5) is 5.82 Å². The molecule has 18 heavy (non-hydrogen) atoms. The Morgan fingerprint density at radius 2 is 1.89 bits per heavy atom. The molecule has 94 valence electrons. The van der Waals surface area contributed by atoms with Gasteiger partial charge in [-0.3, -0.25) is 0 Å². The molecule has 0 unspecified atom stereocenters. The fourth-order valence-corrected chi connectivity index (χ4v) is 2.54. The zero-order chi connectivity index (χ0) is 12.5. The lowest BCUT2D eigenvalue weighted by Crippen LogP contribution is -2.30. The molecule has 0 radical (unpaired) electrons. The molecule has 4 nitrogen and oxygen atoms in total. The predicted octanol–water partition coefficient (Wildman–Crippen LogP) is 2.63. The van der Waals surface area contributed by atoms with Crippen molar-refractivity contribution in [1.29, 1.82) is 0 Å². The van der Waals surface area contributed by atoms with Crippen molar-refractivity contribution in [3.8, 4) is 5.75 Å². The van der Waals surface area contributed by atoms with Gasteiger partial charge >= 0.3 is 0 Å². The lowest BCUT2D eigenvalue weighted by atomic mass is 10.1. The summed E-state index contributed by atoms with van der Waals surface area (Å²) >= 11 is 0. The van der Waals surface area contributed by atoms with E-state index >= 15 is 0 Å². The van der Waals surface area contributed by atoms with E-state index in [1.165, 1.54) is 19.3 Å². The number of rotatable bonds is 1. The molecule has 1 aliphatic heterocycles. The van der Waals surface area contributed by atoms with E-state index in [-0.39, 0.29) is 0 Å². The highest BCUT2D eigenvalue weighted by molar-refractivity contribution is 5.91. The number of phenols is 1. The summed E-state index contributed by atoms with van der Waals surface area (Å²) in [5, 5.41) is 10.8. The maximum atomic E-state index is 9.74. The first-order chi connectivity index (χ1) is 8.75. The molecule has 1 N–H and O–H groups in total. The minimum atomic E-state index is 0.297. The van der Waals surface area contributed by atoms with E-state index < -0.39 is 0 Å². The maximum Gasteiger partial charge on any atom is 0.139 e. The van der Waals surface area contributed by atoms with E-state index in [1.807, 2.05) is 13.0 Å². The second-order valence-electron chi connectivity index (χ2n) is 4.90. The highest BCUT2D eigenvalue weighted by Crippen LogP contribution is 2.29. The maximum absolute atomic E-state index is 9.74. The predicted molar refractivity (Wildman–Crippen MR) is 72.0 cm³/mol. The molecule has 0 atom stereocenters. The molecular weight excluding hydrogens is 226 g/mol. The molecule has 0 aliphatic carbocycles. The number of fused-ring (bicyclic) bond motifs is 1. The molecule has 3 rings (SSSR count). The van der Waals surface area contributed by atoms with Gasteiger partial charge in [0.15, 0.2) is 0 Å². The van der Waals surface area contributed by atoms with Crippen LogP contribution in [0.2, 0.25) is 0 Å². The number of nitrogens with zero attached hydrogens (tertiary/aromatic N) is 3. The molecule has 2 heterocycles. The summed E-state index contributed by atoms with van der Waals surface area (Å²) in [6.45, 7) is 4.03. The third-order valence-electron chi connectivity index (χ3n) is 3.59. The fraction of sp³-hybridized carbons (Fsp3) is 0.429. The number of benzene rings is 1. The van der Waals surface area contributed by atoms with E-state index in [2.05, 4.69) is 14.9 Å². The molecule has 0 saturated carbocycles. The van der Waals surface area contributed by atoms with Gasteiger partial charge in [-0.05, 0) is 37.8 Å². The minimum Gasteiger partial charge on any atom is -0.508 e. The molecule has 2 aromatic rings. The van der Waals surface area contributed by atoms with Crippen molar-refractivity contribution < 1.29 is 5.11 Å². The number of aromatic nitrogens is 2. The summed E-state index contributed by atoms with van der Waals surface area (Å²) in [7, 11) is 0. The first kappa shape index (κ1) is 11.3. The van der Waals surface area contributed by atoms with Gasteiger partial charge in [0.25, 0.3) is 0 Å². The van der Waals surface area contributed by atoms with E-state index in [9.17, 15) is 5.11 Å². The first-order valence-electron chi connectivity index (χ1n) is 6.45. The van der Waals surface area contributed by atoms with Crippen LogP contribution in [0, 0.1) is 6.92 Å². The van der Waals surface area contributed by atoms with Gasteiger partial charge in [0.05, 0.1) is 5.52 Å². The van der Waals surface area contributed by atoms with E-state index in [1.54, 1.807) is 12.4 Å². The van der Waals surface area contributed by atoms with Crippen LogP contribution in [-0.4, -0.2) is 28.2 Å². The topological polar surface area (TPSA) is 49.2 Å². The molecule has 1 saturated heterocycles. The van der Waals surface area contributed by atoms with Gasteiger partial charge in [-0.15, -0.1) is 0 Å². The van der Waals surface area contributed by atoms with Crippen LogP contribution in [0.25, 0.3) is 10.9 Å². The lowest BCUT2D eigenvalue weighted by Gasteiger charge is -2.28. The first-order valence-corrected chi connectivity index (χ1v) is 6.45. The number of hydrogen-bond donors (Lipinski definition) is 1. The monoisotopic (exact) mass is 243 g/mol. The molecule has 0 bridgehead atoms. The quantitative estimate of drug-likeness (QED) is 0.836. The summed E-state index contributed by atoms with van der Waals surface area (Å²) in [6, 6.07) is 3.70. The van der Waals surface area contributed by atoms with Crippen LogP contribution >= 0.6 is 0 Å². The summed E-state index contributed by atoms with van der Waals surface area (Å²) in [4.78, 5) is 11.0. The Morgan fingerprint density at radius 1 is 1.11 bits per heavy atom. The zero-order valence-electron chi connectivity index (χ0n) is 10.6. The number of aromatic hydroxyl groups is 1. The third-order valence-corrected chi connectivity index (χ3v) is 3.59. The molecular formula is C14H17N3O. The van der Waals surface area contributed by atoms with Crippen LogP contribution in [0.5, 0.6) is 5.75 Å². The SMILES string of the molecule is Cc1cc2c(N3CCCCC3)ncnc2cc1O. The fourth-order valence-electron chi connectivity index (χ4n) is 2.54. The van der Waals surface area contributed by atoms with Gasteiger partial charge in [-0.1, -0.05) is 0 Å². The number of piperidine rings is 1. The molecule has 1 aliphatic rings. The molecule has 1 aromatic heterocycles. The van der Waals surface area contributed by atoms with Gasteiger partial charge in [-0.25, -0.2) is 9.97 Å². The van der Waals surface area contributed by atoms with Crippen LogP contribution in [-0.2, 0) is 0 Å². The van der Waals surface area contributed by atoms with Gasteiger partial charge in [0.2, 0.25) is 0 Å². The Labute approximate surface area is 106 Å². The second kappa shape index (κ2) is 4.44. The largest absolute Gasteiger partial charge is 0.508 e. The van der Waals surface area contributed by atoms with Crippen molar-refractivity contribution in [1.82, 2.24) is 9.97 Å². The summed E-state index contributed by atoms with van der Waals surface area (Å²) in [5.74, 6) is 1.30. The Morgan fingerprint density at radius 3 is 2.67 bits per heavy atom. The van der Waals surface area contributed by atoms with Gasteiger partial charge in [0.1, 0.15) is 17.9 Å². The van der Waals surface area contributed by atoms with Crippen molar-refractivity contribution in [3.63, 3.8) is 0 Å². The minimum absolute atomic E-state index is 0.297. The molecule has 1 aromatic carbocycles. The van der Waals surface area contributed by atoms with Gasteiger partial charge < -0.3 is 10.0 Å². The number of hydrogen-bond acceptors (Lipinski definition) is 4.